The van der Waals surface area contributed by atoms with Crippen LogP contribution in [0.25, 0.3) is 0 Å². The van der Waals surface area contributed by atoms with Gasteiger partial charge in [-0.1, -0.05) is 58.3 Å². The monoisotopic (exact) mass is 280 g/mol. The molecule has 1 saturated heterocycles. The third-order valence-corrected chi connectivity index (χ3v) is 3.86. The van der Waals surface area contributed by atoms with Crippen molar-refractivity contribution in [2.24, 2.45) is 0 Å². The van der Waals surface area contributed by atoms with Crippen molar-refractivity contribution in [3.63, 3.8) is 0 Å². The van der Waals surface area contributed by atoms with E-state index in [1.54, 1.807) is 6.08 Å². The van der Waals surface area contributed by atoms with E-state index < -0.39 is 11.8 Å². The quantitative estimate of drug-likeness (QED) is 0.315. The van der Waals surface area contributed by atoms with E-state index in [0.29, 0.717) is 0 Å². The van der Waals surface area contributed by atoms with Gasteiger partial charge in [0, 0.05) is 0 Å². The zero-order valence-corrected chi connectivity index (χ0v) is 12.9. The van der Waals surface area contributed by atoms with Crippen molar-refractivity contribution in [3.8, 4) is 0 Å². The van der Waals surface area contributed by atoms with Crippen LogP contribution in [0.3, 0.4) is 0 Å². The number of carbonyl (C=O) groups excluding carboxylic acids is 1. The third kappa shape index (κ3) is 4.69. The van der Waals surface area contributed by atoms with Gasteiger partial charge < -0.3 is 9.47 Å². The fraction of sp³-hybridized carbons (Fsp3) is 0.706. The van der Waals surface area contributed by atoms with E-state index in [9.17, 15) is 4.79 Å². The van der Waals surface area contributed by atoms with Gasteiger partial charge in [-0.25, -0.2) is 4.79 Å². The Bertz CT molecular complexity index is 323. The zero-order valence-electron chi connectivity index (χ0n) is 12.9. The first-order chi connectivity index (χ1) is 9.68. The van der Waals surface area contributed by atoms with Gasteiger partial charge in [0.05, 0.1) is 0 Å². The highest BCUT2D eigenvalue weighted by atomic mass is 16.8. The van der Waals surface area contributed by atoms with Crippen molar-refractivity contribution >= 4 is 6.16 Å². The number of allylic oxidation sites excluding steroid dienone is 2. The molecule has 20 heavy (non-hydrogen) atoms. The van der Waals surface area contributed by atoms with E-state index in [-0.39, 0.29) is 6.10 Å². The Morgan fingerprint density at radius 2 is 1.75 bits per heavy atom. The minimum absolute atomic E-state index is 0.276. The molecule has 1 unspecified atom stereocenters. The number of hydrogen-bond donors (Lipinski definition) is 0. The van der Waals surface area contributed by atoms with Gasteiger partial charge in [0.25, 0.3) is 0 Å². The molecular weight excluding hydrogens is 252 g/mol. The van der Waals surface area contributed by atoms with Crippen molar-refractivity contribution < 1.29 is 14.3 Å². The molecule has 0 aromatic carbocycles. The Hall–Kier alpha value is -1.25. The van der Waals surface area contributed by atoms with E-state index in [1.807, 2.05) is 12.2 Å². The summed E-state index contributed by atoms with van der Waals surface area (Å²) in [6, 6.07) is 0. The fourth-order valence-electron chi connectivity index (χ4n) is 2.71. The first kappa shape index (κ1) is 16.8. The van der Waals surface area contributed by atoms with E-state index in [1.165, 1.54) is 0 Å². The lowest BCUT2D eigenvalue weighted by Crippen LogP contribution is -2.39. The fourth-order valence-corrected chi connectivity index (χ4v) is 2.71. The molecule has 0 saturated carbocycles. The minimum Gasteiger partial charge on any atom is -0.423 e. The van der Waals surface area contributed by atoms with Crippen molar-refractivity contribution in [3.05, 3.63) is 24.8 Å². The summed E-state index contributed by atoms with van der Waals surface area (Å²) in [5.41, 5.74) is -0.471. The molecule has 3 heteroatoms. The van der Waals surface area contributed by atoms with Gasteiger partial charge in [-0.2, -0.15) is 0 Å². The topological polar surface area (TPSA) is 35.5 Å². The Kier molecular flexibility index (Phi) is 7.42. The van der Waals surface area contributed by atoms with Crippen LogP contribution in [0.5, 0.6) is 0 Å². The van der Waals surface area contributed by atoms with Gasteiger partial charge in [0.2, 0.25) is 0 Å². The molecule has 0 aromatic heterocycles. The van der Waals surface area contributed by atoms with Crippen molar-refractivity contribution in [2.75, 3.05) is 0 Å². The van der Waals surface area contributed by atoms with Gasteiger partial charge in [-0.15, -0.1) is 0 Å². The maximum atomic E-state index is 11.6. The molecule has 3 nitrogen and oxygen atoms in total. The van der Waals surface area contributed by atoms with Crippen LogP contribution in [0.2, 0.25) is 0 Å². The predicted molar refractivity (Wildman–Crippen MR) is 81.7 cm³/mol. The van der Waals surface area contributed by atoms with Gasteiger partial charge in [0.15, 0.2) is 11.7 Å². The van der Waals surface area contributed by atoms with Crippen LogP contribution in [-0.2, 0) is 9.47 Å². The molecule has 0 radical (unpaired) electrons. The predicted octanol–water partition coefficient (Wildman–Crippen LogP) is 5.16. The second-order valence-electron chi connectivity index (χ2n) is 5.49. The molecule has 0 aliphatic carbocycles. The molecule has 1 heterocycles. The number of unbranched alkanes of at least 4 members (excludes halogenated alkanes) is 4. The molecule has 1 rings (SSSR count). The van der Waals surface area contributed by atoms with Gasteiger partial charge >= 0.3 is 6.16 Å². The van der Waals surface area contributed by atoms with Crippen molar-refractivity contribution in [1.82, 2.24) is 0 Å². The summed E-state index contributed by atoms with van der Waals surface area (Å²) in [7, 11) is 0. The summed E-state index contributed by atoms with van der Waals surface area (Å²) in [5.74, 6) is 0. The van der Waals surface area contributed by atoms with Crippen LogP contribution in [-0.4, -0.2) is 17.9 Å². The normalized spacial score (nSPS) is 20.9. The van der Waals surface area contributed by atoms with Gasteiger partial charge in [0.1, 0.15) is 0 Å². The molecule has 0 aromatic rings. The number of cyclic esters (lactones) is 2. The van der Waals surface area contributed by atoms with E-state index in [2.05, 4.69) is 20.4 Å². The standard InChI is InChI=1S/C17H28O3/c1-4-7-10-13-17(14-11-8-5-2)15(12-9-6-3)19-16(18)20-17/h6,9,12,15H,3-5,7-8,10-11,13-14H2,1-2H3/b12-9+. The number of carbonyl (C=O) groups is 1. The molecule has 0 bridgehead atoms. The summed E-state index contributed by atoms with van der Waals surface area (Å²) in [6.45, 7) is 8.02. The van der Waals surface area contributed by atoms with Crippen molar-refractivity contribution in [1.29, 1.82) is 0 Å². The summed E-state index contributed by atoms with van der Waals surface area (Å²) in [6.07, 6.45) is 13.2. The molecule has 1 aliphatic heterocycles. The SMILES string of the molecule is C=C/C=C/C1OC(=O)OC1(CCCCC)CCCCC. The van der Waals surface area contributed by atoms with E-state index >= 15 is 0 Å². The first-order valence-electron chi connectivity index (χ1n) is 7.87. The smallest absolute Gasteiger partial charge is 0.423 e. The molecule has 1 atom stereocenters. The van der Waals surface area contributed by atoms with Crippen LogP contribution < -0.4 is 0 Å². The minimum atomic E-state index is -0.531. The number of hydrogen-bond acceptors (Lipinski definition) is 3. The average molecular weight is 280 g/mol. The lowest BCUT2D eigenvalue weighted by Gasteiger charge is -2.29. The van der Waals surface area contributed by atoms with Crippen molar-refractivity contribution in [2.45, 2.75) is 76.9 Å². The highest BCUT2D eigenvalue weighted by Gasteiger charge is 2.48. The summed E-state index contributed by atoms with van der Waals surface area (Å²) >= 11 is 0. The maximum absolute atomic E-state index is 11.6. The molecule has 1 fully saturated rings. The van der Waals surface area contributed by atoms with Gasteiger partial charge in [-0.05, 0) is 31.8 Å². The van der Waals surface area contributed by atoms with Crippen LogP contribution in [0.1, 0.15) is 65.2 Å². The summed E-state index contributed by atoms with van der Waals surface area (Å²) < 4.78 is 11.0. The first-order valence-corrected chi connectivity index (χ1v) is 7.87. The van der Waals surface area contributed by atoms with E-state index in [4.69, 9.17) is 9.47 Å². The van der Waals surface area contributed by atoms with E-state index in [0.717, 1.165) is 51.4 Å². The lowest BCUT2D eigenvalue weighted by molar-refractivity contribution is 0.0223. The molecule has 1 aliphatic rings. The largest absolute Gasteiger partial charge is 0.509 e. The lowest BCUT2D eigenvalue weighted by atomic mass is 9.85. The molecule has 114 valence electrons. The van der Waals surface area contributed by atoms with Gasteiger partial charge in [-0.3, -0.25) is 0 Å². The molecule has 0 amide bonds. The zero-order chi connectivity index (χ0) is 14.8. The summed E-state index contributed by atoms with van der Waals surface area (Å²) in [4.78, 5) is 11.6. The number of ether oxygens (including phenoxy) is 2. The molecular formula is C17H28O3. The average Bonchev–Trinajstić information content (AvgIpc) is 2.73. The maximum Gasteiger partial charge on any atom is 0.509 e. The Morgan fingerprint density at radius 3 is 2.25 bits per heavy atom. The Balaban J connectivity index is 2.77. The Morgan fingerprint density at radius 1 is 1.15 bits per heavy atom. The summed E-state index contributed by atoms with van der Waals surface area (Å²) in [5, 5.41) is 0. The van der Waals surface area contributed by atoms with Crippen LogP contribution in [0.15, 0.2) is 24.8 Å². The highest BCUT2D eigenvalue weighted by Crippen LogP contribution is 2.37. The second-order valence-corrected chi connectivity index (χ2v) is 5.49. The van der Waals surface area contributed by atoms with Crippen LogP contribution in [0, 0.1) is 0 Å². The molecule has 0 spiro atoms. The van der Waals surface area contributed by atoms with Crippen LogP contribution >= 0.6 is 0 Å². The Labute approximate surface area is 123 Å². The molecule has 0 N–H and O–H groups in total. The van der Waals surface area contributed by atoms with Crippen LogP contribution in [0.4, 0.5) is 4.79 Å². The number of rotatable bonds is 10. The third-order valence-electron chi connectivity index (χ3n) is 3.86. The second kappa shape index (κ2) is 8.83. The highest BCUT2D eigenvalue weighted by molar-refractivity contribution is 5.64.